The summed E-state index contributed by atoms with van der Waals surface area (Å²) in [5.74, 6) is -1.10. The minimum absolute atomic E-state index is 0.0842. The van der Waals surface area contributed by atoms with Crippen LogP contribution in [0.5, 0.6) is 11.5 Å². The van der Waals surface area contributed by atoms with E-state index in [2.05, 4.69) is 10.3 Å². The summed E-state index contributed by atoms with van der Waals surface area (Å²) in [5.41, 5.74) is -0.273. The van der Waals surface area contributed by atoms with Gasteiger partial charge in [0.25, 0.3) is 5.91 Å². The third-order valence-corrected chi connectivity index (χ3v) is 3.45. The number of nitrogens with one attached hydrogen (secondary N) is 1. The first kappa shape index (κ1) is 16.4. The van der Waals surface area contributed by atoms with E-state index in [1.165, 1.54) is 19.4 Å². The molecule has 9 heteroatoms. The van der Waals surface area contributed by atoms with E-state index in [0.717, 1.165) is 0 Å². The van der Waals surface area contributed by atoms with Crippen LogP contribution in [-0.2, 0) is 4.74 Å². The Morgan fingerprint density at radius 3 is 2.86 bits per heavy atom. The van der Waals surface area contributed by atoms with Crippen LogP contribution in [0.4, 0.5) is 0 Å². The number of carbonyl (C=O) groups excluding carboxylic acids is 1. The maximum atomic E-state index is 12.1. The summed E-state index contributed by atoms with van der Waals surface area (Å²) in [6, 6.07) is 0.484. The van der Waals surface area contributed by atoms with Crippen LogP contribution >= 0.6 is 0 Å². The summed E-state index contributed by atoms with van der Waals surface area (Å²) in [4.78, 5) is 15.9. The molecule has 122 valence electrons. The van der Waals surface area contributed by atoms with Gasteiger partial charge in [0.05, 0.1) is 26.4 Å². The Labute approximate surface area is 126 Å². The van der Waals surface area contributed by atoms with Gasteiger partial charge in [-0.25, -0.2) is 4.98 Å². The molecule has 1 saturated heterocycles. The van der Waals surface area contributed by atoms with Crippen LogP contribution < -0.4 is 10.1 Å². The summed E-state index contributed by atoms with van der Waals surface area (Å²) in [6.07, 6.45) is -2.28. The summed E-state index contributed by atoms with van der Waals surface area (Å²) in [7, 11) is 1.33. The number of carbonyl (C=O) groups is 1. The van der Waals surface area contributed by atoms with Gasteiger partial charge in [-0.1, -0.05) is 0 Å². The number of methoxy groups -OCH3 is 1. The molecule has 1 aromatic heterocycles. The highest BCUT2D eigenvalue weighted by Gasteiger charge is 2.39. The molecule has 5 N–H and O–H groups in total. The molecule has 1 aliphatic rings. The van der Waals surface area contributed by atoms with Crippen LogP contribution in [0.1, 0.15) is 10.5 Å². The van der Waals surface area contributed by atoms with E-state index in [1.54, 1.807) is 0 Å². The topological polar surface area (TPSA) is 141 Å². The monoisotopic (exact) mass is 314 g/mol. The number of aliphatic hydroxyl groups excluding tert-OH is 3. The van der Waals surface area contributed by atoms with Crippen molar-refractivity contribution < 1.29 is 34.7 Å². The maximum absolute atomic E-state index is 12.1. The van der Waals surface area contributed by atoms with Crippen molar-refractivity contribution in [2.24, 2.45) is 0 Å². The number of pyridine rings is 1. The van der Waals surface area contributed by atoms with Crippen molar-refractivity contribution in [1.82, 2.24) is 10.3 Å². The van der Waals surface area contributed by atoms with E-state index in [4.69, 9.17) is 14.6 Å². The fourth-order valence-electron chi connectivity index (χ4n) is 2.17. The normalized spacial score (nSPS) is 28.2. The predicted octanol–water partition coefficient (Wildman–Crippen LogP) is -1.99. The number of rotatable bonds is 4. The Morgan fingerprint density at radius 1 is 1.50 bits per heavy atom. The van der Waals surface area contributed by atoms with Crippen LogP contribution in [-0.4, -0.2) is 76.0 Å². The molecule has 0 bridgehead atoms. The third kappa shape index (κ3) is 3.12. The lowest BCUT2D eigenvalue weighted by atomic mass is 9.98. The highest BCUT2D eigenvalue weighted by molar-refractivity contribution is 5.95. The minimum Gasteiger partial charge on any atom is -0.503 e. The molecule has 0 aliphatic carbocycles. The van der Waals surface area contributed by atoms with E-state index in [9.17, 15) is 20.1 Å². The van der Waals surface area contributed by atoms with Crippen LogP contribution in [0, 0.1) is 0 Å². The molecule has 0 saturated carbocycles. The first-order chi connectivity index (χ1) is 10.5. The van der Waals surface area contributed by atoms with Crippen molar-refractivity contribution in [1.29, 1.82) is 0 Å². The van der Waals surface area contributed by atoms with Crippen molar-refractivity contribution in [3.05, 3.63) is 18.0 Å². The molecule has 22 heavy (non-hydrogen) atoms. The van der Waals surface area contributed by atoms with Gasteiger partial charge in [0, 0.05) is 12.3 Å². The zero-order valence-electron chi connectivity index (χ0n) is 11.8. The smallest absolute Gasteiger partial charge is 0.274 e. The van der Waals surface area contributed by atoms with Gasteiger partial charge in [-0.05, 0) is 0 Å². The molecule has 0 unspecified atom stereocenters. The first-order valence-electron chi connectivity index (χ1n) is 6.61. The van der Waals surface area contributed by atoms with Crippen molar-refractivity contribution in [2.45, 2.75) is 24.4 Å². The van der Waals surface area contributed by atoms with Crippen molar-refractivity contribution >= 4 is 5.91 Å². The van der Waals surface area contributed by atoms with Gasteiger partial charge < -0.3 is 35.2 Å². The highest BCUT2D eigenvalue weighted by atomic mass is 16.5. The average molecular weight is 314 g/mol. The largest absolute Gasteiger partial charge is 0.503 e. The standard InChI is InChI=1S/C13H18N2O7/c1-21-7-2-3-14-9(11(7)18)13(20)15-6-5-22-8(4-16)12(19)10(6)17/h2-3,6,8,10,12,16-19H,4-5H2,1H3,(H,15,20)/t6-,8+,10+,12+/m0/s1. The number of ether oxygens (including phenoxy) is 2. The summed E-state index contributed by atoms with van der Waals surface area (Å²) in [6.45, 7) is -0.545. The van der Waals surface area contributed by atoms with Crippen molar-refractivity contribution in [3.8, 4) is 11.5 Å². The number of aliphatic hydroxyl groups is 3. The van der Waals surface area contributed by atoms with Crippen LogP contribution in [0.3, 0.4) is 0 Å². The minimum atomic E-state index is -1.34. The lowest BCUT2D eigenvalue weighted by molar-refractivity contribution is -0.159. The summed E-state index contributed by atoms with van der Waals surface area (Å²) < 4.78 is 10.0. The molecule has 1 fully saturated rings. The molecule has 2 rings (SSSR count). The zero-order valence-corrected chi connectivity index (χ0v) is 11.8. The molecule has 1 aliphatic heterocycles. The van der Waals surface area contributed by atoms with E-state index in [0.29, 0.717) is 0 Å². The van der Waals surface area contributed by atoms with Crippen LogP contribution in [0.15, 0.2) is 12.3 Å². The van der Waals surface area contributed by atoms with Crippen molar-refractivity contribution in [2.75, 3.05) is 20.3 Å². The van der Waals surface area contributed by atoms with E-state index < -0.39 is 42.6 Å². The highest BCUT2D eigenvalue weighted by Crippen LogP contribution is 2.27. The van der Waals surface area contributed by atoms with Crippen LogP contribution in [0.25, 0.3) is 0 Å². The molecule has 1 amide bonds. The third-order valence-electron chi connectivity index (χ3n) is 3.45. The average Bonchev–Trinajstić information content (AvgIpc) is 2.52. The number of hydrogen-bond donors (Lipinski definition) is 5. The number of nitrogens with zero attached hydrogens (tertiary/aromatic N) is 1. The Kier molecular flexibility index (Phi) is 5.14. The Balaban J connectivity index is 2.09. The van der Waals surface area contributed by atoms with Gasteiger partial charge in [-0.15, -0.1) is 0 Å². The predicted molar refractivity (Wildman–Crippen MR) is 72.5 cm³/mol. The van der Waals surface area contributed by atoms with Gasteiger partial charge in [0.15, 0.2) is 17.2 Å². The lowest BCUT2D eigenvalue weighted by Crippen LogP contribution is -2.60. The van der Waals surface area contributed by atoms with E-state index >= 15 is 0 Å². The molecule has 0 radical (unpaired) electrons. The SMILES string of the molecule is COc1ccnc(C(=O)N[C@H]2CO[C@H](CO)[C@@H](O)[C@@H]2O)c1O. The van der Waals surface area contributed by atoms with Crippen LogP contribution in [0.2, 0.25) is 0 Å². The second-order valence-electron chi connectivity index (χ2n) is 4.83. The Bertz CT molecular complexity index is 539. The fourth-order valence-corrected chi connectivity index (χ4v) is 2.17. The maximum Gasteiger partial charge on any atom is 0.274 e. The number of aromatic nitrogens is 1. The second-order valence-corrected chi connectivity index (χ2v) is 4.83. The number of amides is 1. The van der Waals surface area contributed by atoms with Crippen molar-refractivity contribution in [3.63, 3.8) is 0 Å². The molecular formula is C13H18N2O7. The number of aromatic hydroxyl groups is 1. The lowest BCUT2D eigenvalue weighted by Gasteiger charge is -2.37. The summed E-state index contributed by atoms with van der Waals surface area (Å²) in [5, 5.41) is 41.0. The molecule has 0 aromatic carbocycles. The molecular weight excluding hydrogens is 296 g/mol. The Hall–Kier alpha value is -1.94. The molecule has 1 aromatic rings. The second kappa shape index (κ2) is 6.88. The van der Waals surface area contributed by atoms with E-state index in [1.807, 2.05) is 0 Å². The first-order valence-corrected chi connectivity index (χ1v) is 6.61. The number of hydrogen-bond acceptors (Lipinski definition) is 8. The molecule has 2 heterocycles. The van der Waals surface area contributed by atoms with E-state index in [-0.39, 0.29) is 18.1 Å². The Morgan fingerprint density at radius 2 is 2.23 bits per heavy atom. The summed E-state index contributed by atoms with van der Waals surface area (Å²) >= 11 is 0. The van der Waals surface area contributed by atoms with Gasteiger partial charge in [0.2, 0.25) is 0 Å². The quantitative estimate of drug-likeness (QED) is 0.430. The molecule has 0 spiro atoms. The van der Waals surface area contributed by atoms with Gasteiger partial charge in [-0.3, -0.25) is 4.79 Å². The fraction of sp³-hybridized carbons (Fsp3) is 0.538. The van der Waals surface area contributed by atoms with Gasteiger partial charge in [0.1, 0.15) is 18.3 Å². The molecule has 4 atom stereocenters. The molecule has 9 nitrogen and oxygen atoms in total. The van der Waals surface area contributed by atoms with Gasteiger partial charge in [-0.2, -0.15) is 0 Å². The van der Waals surface area contributed by atoms with Gasteiger partial charge >= 0.3 is 0 Å². The zero-order chi connectivity index (χ0) is 16.3.